The molecule has 1 saturated heterocycles. The average molecular weight is 407 g/mol. The van der Waals surface area contributed by atoms with E-state index < -0.39 is 13.2 Å². The summed E-state index contributed by atoms with van der Waals surface area (Å²) in [6, 6.07) is 3.14. The first-order chi connectivity index (χ1) is 12.8. The Morgan fingerprint density at radius 2 is 1.86 bits per heavy atom. The van der Waals surface area contributed by atoms with Crippen LogP contribution in [0.3, 0.4) is 0 Å². The van der Waals surface area contributed by atoms with Gasteiger partial charge in [-0.1, -0.05) is 20.8 Å². The Balaban J connectivity index is 2.28. The van der Waals surface area contributed by atoms with Gasteiger partial charge in [-0.2, -0.15) is 0 Å². The van der Waals surface area contributed by atoms with Gasteiger partial charge < -0.3 is 9.33 Å². The highest BCUT2D eigenvalue weighted by atomic mass is 28.4. The van der Waals surface area contributed by atoms with E-state index in [1.807, 2.05) is 13.8 Å². The fourth-order valence-corrected chi connectivity index (χ4v) is 4.28. The molecule has 1 atom stereocenters. The molecular weight excluding hydrogens is 372 g/mol. The summed E-state index contributed by atoms with van der Waals surface area (Å²) < 4.78 is 6.38. The molecule has 6 nitrogen and oxygen atoms in total. The van der Waals surface area contributed by atoms with E-state index in [1.165, 1.54) is 6.07 Å². The first kappa shape index (κ1) is 22.6. The fourth-order valence-electron chi connectivity index (χ4n) is 3.24. The van der Waals surface area contributed by atoms with Crippen molar-refractivity contribution in [1.29, 1.82) is 0 Å². The van der Waals surface area contributed by atoms with Gasteiger partial charge in [0.25, 0.3) is 11.6 Å². The van der Waals surface area contributed by atoms with Crippen LogP contribution in [-0.2, 0) is 4.43 Å². The van der Waals surface area contributed by atoms with Gasteiger partial charge in [0, 0.05) is 12.6 Å². The minimum Gasteiger partial charge on any atom is -0.415 e. The molecular formula is C21H34N2O4Si. The number of nitrogens with zero attached hydrogens (tertiary/aromatic N) is 2. The van der Waals surface area contributed by atoms with Crippen LogP contribution in [0.15, 0.2) is 12.1 Å². The van der Waals surface area contributed by atoms with E-state index in [2.05, 4.69) is 33.9 Å². The number of carbonyl (C=O) groups excluding carboxylic acids is 1. The molecule has 1 aliphatic rings. The lowest BCUT2D eigenvalue weighted by atomic mass is 9.99. The normalized spacial score (nSPS) is 18.2. The number of benzene rings is 1. The summed E-state index contributed by atoms with van der Waals surface area (Å²) in [7, 11) is -1.92. The number of piperidine rings is 1. The van der Waals surface area contributed by atoms with Crippen molar-refractivity contribution in [2.45, 2.75) is 78.1 Å². The SMILES string of the molecule is Cc1cc(C(=O)N2CCCC[C@H]2CO[Si](C)(C)C(C)(C)C)c([N+](=O)[O-])cc1C. The van der Waals surface area contributed by atoms with Crippen LogP contribution < -0.4 is 0 Å². The fraction of sp³-hybridized carbons (Fsp3) is 0.667. The molecule has 1 aromatic carbocycles. The number of carbonyl (C=O) groups is 1. The van der Waals surface area contributed by atoms with Crippen LogP contribution in [0.4, 0.5) is 5.69 Å². The number of likely N-dealkylation sites (tertiary alicyclic amines) is 1. The Kier molecular flexibility index (Phi) is 6.71. The van der Waals surface area contributed by atoms with E-state index in [1.54, 1.807) is 11.0 Å². The third kappa shape index (κ3) is 4.81. The van der Waals surface area contributed by atoms with Gasteiger partial charge in [-0.25, -0.2) is 0 Å². The maximum atomic E-state index is 13.3. The molecule has 0 saturated carbocycles. The maximum Gasteiger partial charge on any atom is 0.282 e. The van der Waals surface area contributed by atoms with Gasteiger partial charge in [0.2, 0.25) is 0 Å². The summed E-state index contributed by atoms with van der Waals surface area (Å²) >= 11 is 0. The van der Waals surface area contributed by atoms with Crippen LogP contribution in [0, 0.1) is 24.0 Å². The molecule has 0 N–H and O–H groups in total. The van der Waals surface area contributed by atoms with E-state index >= 15 is 0 Å². The molecule has 1 aliphatic heterocycles. The number of nitro groups is 1. The lowest BCUT2D eigenvalue weighted by Gasteiger charge is -2.41. The van der Waals surface area contributed by atoms with Gasteiger partial charge in [0.05, 0.1) is 17.6 Å². The number of aryl methyl sites for hydroxylation is 2. The highest BCUT2D eigenvalue weighted by Crippen LogP contribution is 2.37. The summed E-state index contributed by atoms with van der Waals surface area (Å²) in [5.74, 6) is -0.252. The number of rotatable bonds is 5. The van der Waals surface area contributed by atoms with Crippen LogP contribution in [0.5, 0.6) is 0 Å². The molecule has 28 heavy (non-hydrogen) atoms. The first-order valence-electron chi connectivity index (χ1n) is 10.1. The van der Waals surface area contributed by atoms with Gasteiger partial charge in [0.15, 0.2) is 8.32 Å². The largest absolute Gasteiger partial charge is 0.415 e. The molecule has 1 fully saturated rings. The Hall–Kier alpha value is -1.73. The topological polar surface area (TPSA) is 72.7 Å². The second-order valence-electron chi connectivity index (χ2n) is 9.43. The van der Waals surface area contributed by atoms with E-state index in [0.717, 1.165) is 30.4 Å². The quantitative estimate of drug-likeness (QED) is 0.381. The van der Waals surface area contributed by atoms with Gasteiger partial charge in [0.1, 0.15) is 5.56 Å². The zero-order valence-corrected chi connectivity index (χ0v) is 19.3. The third-order valence-corrected chi connectivity index (χ3v) is 10.9. The summed E-state index contributed by atoms with van der Waals surface area (Å²) in [6.07, 6.45) is 2.84. The molecule has 156 valence electrons. The van der Waals surface area contributed by atoms with Crippen molar-refractivity contribution in [2.75, 3.05) is 13.2 Å². The number of hydrogen-bond donors (Lipinski definition) is 0. The molecule has 0 aliphatic carbocycles. The van der Waals surface area contributed by atoms with E-state index in [-0.39, 0.29) is 28.2 Å². The lowest BCUT2D eigenvalue weighted by Crippen LogP contribution is -2.50. The van der Waals surface area contributed by atoms with Crippen LogP contribution >= 0.6 is 0 Å². The Labute approximate surface area is 169 Å². The van der Waals surface area contributed by atoms with Crippen LogP contribution in [0.1, 0.15) is 61.5 Å². The van der Waals surface area contributed by atoms with E-state index in [0.29, 0.717) is 13.2 Å². The van der Waals surface area contributed by atoms with Crippen molar-refractivity contribution >= 4 is 19.9 Å². The van der Waals surface area contributed by atoms with Crippen molar-refractivity contribution in [3.63, 3.8) is 0 Å². The van der Waals surface area contributed by atoms with Crippen molar-refractivity contribution in [3.8, 4) is 0 Å². The summed E-state index contributed by atoms with van der Waals surface area (Å²) in [5.41, 5.74) is 1.79. The Morgan fingerprint density at radius 3 is 2.43 bits per heavy atom. The number of amides is 1. The second-order valence-corrected chi connectivity index (χ2v) is 14.2. The summed E-state index contributed by atoms with van der Waals surface area (Å²) in [4.78, 5) is 26.2. The molecule has 1 aromatic rings. The molecule has 7 heteroatoms. The van der Waals surface area contributed by atoms with Gasteiger partial charge in [-0.3, -0.25) is 14.9 Å². The van der Waals surface area contributed by atoms with E-state index in [4.69, 9.17) is 4.43 Å². The lowest BCUT2D eigenvalue weighted by molar-refractivity contribution is -0.385. The van der Waals surface area contributed by atoms with Crippen molar-refractivity contribution in [2.24, 2.45) is 0 Å². The zero-order chi connectivity index (χ0) is 21.3. The van der Waals surface area contributed by atoms with Crippen molar-refractivity contribution < 1.29 is 14.1 Å². The predicted octanol–water partition coefficient (Wildman–Crippen LogP) is 5.23. The number of nitro benzene ring substituents is 1. The van der Waals surface area contributed by atoms with Crippen molar-refractivity contribution in [3.05, 3.63) is 38.9 Å². The molecule has 0 radical (unpaired) electrons. The summed E-state index contributed by atoms with van der Waals surface area (Å²) in [5, 5.41) is 11.6. The van der Waals surface area contributed by atoms with Gasteiger partial charge in [-0.05, 0) is 68.4 Å². The monoisotopic (exact) mass is 406 g/mol. The smallest absolute Gasteiger partial charge is 0.282 e. The molecule has 1 amide bonds. The van der Waals surface area contributed by atoms with E-state index in [9.17, 15) is 14.9 Å². The van der Waals surface area contributed by atoms with Crippen LogP contribution in [0.2, 0.25) is 18.1 Å². The van der Waals surface area contributed by atoms with Gasteiger partial charge in [-0.15, -0.1) is 0 Å². The molecule has 0 unspecified atom stereocenters. The zero-order valence-electron chi connectivity index (χ0n) is 18.3. The minimum atomic E-state index is -1.92. The van der Waals surface area contributed by atoms with Crippen molar-refractivity contribution in [1.82, 2.24) is 4.90 Å². The minimum absolute atomic E-state index is 0.0309. The third-order valence-electron chi connectivity index (χ3n) is 6.37. The molecule has 0 aromatic heterocycles. The van der Waals surface area contributed by atoms with Crippen LogP contribution in [-0.4, -0.2) is 43.2 Å². The molecule has 2 rings (SSSR count). The summed E-state index contributed by atoms with van der Waals surface area (Å²) in [6.45, 7) is 15.8. The molecule has 0 bridgehead atoms. The number of hydrogen-bond acceptors (Lipinski definition) is 4. The Bertz CT molecular complexity index is 756. The second kappa shape index (κ2) is 8.33. The predicted molar refractivity (Wildman–Crippen MR) is 114 cm³/mol. The average Bonchev–Trinajstić information content (AvgIpc) is 2.60. The maximum absolute atomic E-state index is 13.3. The molecule has 0 spiro atoms. The highest BCUT2D eigenvalue weighted by Gasteiger charge is 2.39. The highest BCUT2D eigenvalue weighted by molar-refractivity contribution is 6.74. The first-order valence-corrected chi connectivity index (χ1v) is 13.0. The Morgan fingerprint density at radius 1 is 1.25 bits per heavy atom. The van der Waals surface area contributed by atoms with Crippen LogP contribution in [0.25, 0.3) is 0 Å². The molecule has 1 heterocycles. The van der Waals surface area contributed by atoms with Gasteiger partial charge >= 0.3 is 0 Å². The standard InChI is InChI=1S/C21H34N2O4Si/c1-15-12-18(19(23(25)26)13-16(15)2)20(24)22-11-9-8-10-17(22)14-27-28(6,7)21(3,4)5/h12-13,17H,8-11,14H2,1-7H3/t17-/m0/s1.